The van der Waals surface area contributed by atoms with Crippen LogP contribution in [0.15, 0.2) is 36.8 Å². The number of carbonyl (C=O) groups is 1. The SMILES string of the molecule is O=C(CNc1cccc(Cl)c1)C[C@@H]1CCCN(c2ncnc3[nH]ncc23)C1. The van der Waals surface area contributed by atoms with Crippen LogP contribution in [-0.4, -0.2) is 45.6 Å². The zero-order chi connectivity index (χ0) is 18.6. The molecule has 4 rings (SSSR count). The van der Waals surface area contributed by atoms with Crippen molar-refractivity contribution >= 4 is 39.9 Å². The number of halogens is 1. The van der Waals surface area contributed by atoms with E-state index in [9.17, 15) is 4.79 Å². The Kier molecular flexibility index (Phi) is 5.20. The van der Waals surface area contributed by atoms with Gasteiger partial charge in [0.2, 0.25) is 0 Å². The van der Waals surface area contributed by atoms with E-state index in [2.05, 4.69) is 30.4 Å². The molecule has 0 unspecified atom stereocenters. The van der Waals surface area contributed by atoms with Gasteiger partial charge in [-0.05, 0) is 37.0 Å². The lowest BCUT2D eigenvalue weighted by molar-refractivity contribution is -0.118. The molecule has 3 heterocycles. The first-order chi connectivity index (χ1) is 13.2. The van der Waals surface area contributed by atoms with Gasteiger partial charge in [-0.1, -0.05) is 17.7 Å². The molecule has 0 radical (unpaired) electrons. The molecule has 3 aromatic rings. The molecule has 0 spiro atoms. The van der Waals surface area contributed by atoms with Crippen molar-refractivity contribution in [1.82, 2.24) is 20.2 Å². The van der Waals surface area contributed by atoms with Crippen LogP contribution in [-0.2, 0) is 4.79 Å². The molecular formula is C19H21ClN6O. The first-order valence-electron chi connectivity index (χ1n) is 9.09. The lowest BCUT2D eigenvalue weighted by Gasteiger charge is -2.33. The van der Waals surface area contributed by atoms with Gasteiger partial charge < -0.3 is 10.2 Å². The molecule has 140 valence electrons. The molecule has 2 aromatic heterocycles. The van der Waals surface area contributed by atoms with Crippen LogP contribution in [0, 0.1) is 5.92 Å². The second kappa shape index (κ2) is 7.92. The van der Waals surface area contributed by atoms with E-state index in [0.29, 0.717) is 23.9 Å². The van der Waals surface area contributed by atoms with Gasteiger partial charge in [0.25, 0.3) is 0 Å². The number of nitrogens with zero attached hydrogens (tertiary/aromatic N) is 4. The molecule has 7 nitrogen and oxygen atoms in total. The van der Waals surface area contributed by atoms with Crippen LogP contribution in [0.5, 0.6) is 0 Å². The number of aromatic nitrogens is 4. The van der Waals surface area contributed by atoms with E-state index in [1.807, 2.05) is 24.3 Å². The molecule has 0 saturated carbocycles. The number of Topliss-reactive ketones (excluding diaryl/α,β-unsaturated/α-hetero) is 1. The summed E-state index contributed by atoms with van der Waals surface area (Å²) < 4.78 is 0. The van der Waals surface area contributed by atoms with Gasteiger partial charge in [-0.15, -0.1) is 0 Å². The third-order valence-electron chi connectivity index (χ3n) is 4.88. The van der Waals surface area contributed by atoms with Crippen molar-refractivity contribution in [3.63, 3.8) is 0 Å². The smallest absolute Gasteiger partial charge is 0.160 e. The van der Waals surface area contributed by atoms with Crippen molar-refractivity contribution in [2.75, 3.05) is 29.9 Å². The summed E-state index contributed by atoms with van der Waals surface area (Å²) in [7, 11) is 0. The highest BCUT2D eigenvalue weighted by atomic mass is 35.5. The average Bonchev–Trinajstić information content (AvgIpc) is 3.15. The lowest BCUT2D eigenvalue weighted by atomic mass is 9.92. The number of hydrogen-bond donors (Lipinski definition) is 2. The van der Waals surface area contributed by atoms with E-state index in [1.165, 1.54) is 0 Å². The number of fused-ring (bicyclic) bond motifs is 1. The normalized spacial score (nSPS) is 17.2. The summed E-state index contributed by atoms with van der Waals surface area (Å²) in [4.78, 5) is 23.3. The van der Waals surface area contributed by atoms with E-state index in [0.717, 1.165) is 48.5 Å². The highest BCUT2D eigenvalue weighted by molar-refractivity contribution is 6.30. The van der Waals surface area contributed by atoms with Gasteiger partial charge in [0, 0.05) is 30.2 Å². The topological polar surface area (TPSA) is 86.8 Å². The monoisotopic (exact) mass is 384 g/mol. The van der Waals surface area contributed by atoms with Crippen LogP contribution >= 0.6 is 11.6 Å². The summed E-state index contributed by atoms with van der Waals surface area (Å²) in [5.41, 5.74) is 1.60. The van der Waals surface area contributed by atoms with Gasteiger partial charge in [-0.3, -0.25) is 9.89 Å². The quantitative estimate of drug-likeness (QED) is 0.678. The molecule has 1 fully saturated rings. The maximum absolute atomic E-state index is 12.4. The molecule has 27 heavy (non-hydrogen) atoms. The van der Waals surface area contributed by atoms with Crippen LogP contribution in [0.4, 0.5) is 11.5 Å². The predicted octanol–water partition coefficient (Wildman–Crippen LogP) is 3.29. The van der Waals surface area contributed by atoms with Gasteiger partial charge in [0.15, 0.2) is 11.4 Å². The molecule has 1 aromatic carbocycles. The fourth-order valence-corrected chi connectivity index (χ4v) is 3.81. The Balaban J connectivity index is 1.35. The van der Waals surface area contributed by atoms with Gasteiger partial charge in [0.05, 0.1) is 18.1 Å². The number of rotatable bonds is 6. The fourth-order valence-electron chi connectivity index (χ4n) is 3.62. The van der Waals surface area contributed by atoms with E-state index >= 15 is 0 Å². The Hall–Kier alpha value is -2.67. The maximum atomic E-state index is 12.4. The molecule has 1 saturated heterocycles. The van der Waals surface area contributed by atoms with E-state index in [4.69, 9.17) is 11.6 Å². The highest BCUT2D eigenvalue weighted by Gasteiger charge is 2.24. The summed E-state index contributed by atoms with van der Waals surface area (Å²) in [6.07, 6.45) is 5.97. The maximum Gasteiger partial charge on any atom is 0.160 e. The number of carbonyl (C=O) groups excluding carboxylic acids is 1. The molecule has 0 amide bonds. The summed E-state index contributed by atoms with van der Waals surface area (Å²) in [5.74, 6) is 1.42. The van der Waals surface area contributed by atoms with Crippen LogP contribution in [0.25, 0.3) is 11.0 Å². The van der Waals surface area contributed by atoms with Crippen LogP contribution in [0.2, 0.25) is 5.02 Å². The molecule has 1 aliphatic rings. The number of benzene rings is 1. The highest BCUT2D eigenvalue weighted by Crippen LogP contribution is 2.27. The van der Waals surface area contributed by atoms with Gasteiger partial charge in [-0.25, -0.2) is 9.97 Å². The Bertz CT molecular complexity index is 943. The standard InChI is InChI=1S/C19H21ClN6O/c20-14-4-1-5-15(8-14)21-9-16(27)7-13-3-2-6-26(11-13)19-17-10-24-25-18(17)22-12-23-19/h1,4-5,8,10,12-13,21H,2-3,6-7,9,11H2,(H,22,23,24,25)/t13-/m0/s1. The number of nitrogens with one attached hydrogen (secondary N) is 2. The largest absolute Gasteiger partial charge is 0.378 e. The summed E-state index contributed by atoms with van der Waals surface area (Å²) in [6.45, 7) is 2.07. The number of H-pyrrole nitrogens is 1. The lowest BCUT2D eigenvalue weighted by Crippen LogP contribution is -2.37. The average molecular weight is 385 g/mol. The van der Waals surface area contributed by atoms with Crippen LogP contribution in [0.3, 0.4) is 0 Å². The van der Waals surface area contributed by atoms with Crippen molar-refractivity contribution in [2.45, 2.75) is 19.3 Å². The minimum Gasteiger partial charge on any atom is -0.378 e. The molecule has 0 aliphatic carbocycles. The number of piperidine rings is 1. The number of anilines is 2. The van der Waals surface area contributed by atoms with Crippen molar-refractivity contribution in [3.8, 4) is 0 Å². The van der Waals surface area contributed by atoms with E-state index < -0.39 is 0 Å². The van der Waals surface area contributed by atoms with Gasteiger partial charge in [0.1, 0.15) is 12.1 Å². The minimum absolute atomic E-state index is 0.206. The third-order valence-corrected chi connectivity index (χ3v) is 5.11. The number of aromatic amines is 1. The summed E-state index contributed by atoms with van der Waals surface area (Å²) in [6, 6.07) is 7.41. The van der Waals surface area contributed by atoms with Crippen molar-refractivity contribution < 1.29 is 4.79 Å². The van der Waals surface area contributed by atoms with Crippen molar-refractivity contribution in [2.24, 2.45) is 5.92 Å². The van der Waals surface area contributed by atoms with Crippen molar-refractivity contribution in [3.05, 3.63) is 41.8 Å². The fraction of sp³-hybridized carbons (Fsp3) is 0.368. The van der Waals surface area contributed by atoms with Crippen molar-refractivity contribution in [1.29, 1.82) is 0 Å². The third kappa shape index (κ3) is 4.19. The number of ketones is 1. The Morgan fingerprint density at radius 2 is 2.30 bits per heavy atom. The molecule has 2 N–H and O–H groups in total. The second-order valence-corrected chi connectivity index (χ2v) is 7.33. The predicted molar refractivity (Wildman–Crippen MR) is 106 cm³/mol. The first-order valence-corrected chi connectivity index (χ1v) is 9.47. The zero-order valence-electron chi connectivity index (χ0n) is 14.9. The van der Waals surface area contributed by atoms with E-state index in [-0.39, 0.29) is 5.78 Å². The molecule has 8 heteroatoms. The van der Waals surface area contributed by atoms with E-state index in [1.54, 1.807) is 12.5 Å². The first kappa shape index (κ1) is 17.7. The summed E-state index contributed by atoms with van der Waals surface area (Å²) >= 11 is 5.98. The Labute approximate surface area is 162 Å². The number of hydrogen-bond acceptors (Lipinski definition) is 6. The van der Waals surface area contributed by atoms with Crippen LogP contribution < -0.4 is 10.2 Å². The van der Waals surface area contributed by atoms with Gasteiger partial charge in [-0.2, -0.15) is 5.10 Å². The Morgan fingerprint density at radius 1 is 1.37 bits per heavy atom. The molecular weight excluding hydrogens is 364 g/mol. The van der Waals surface area contributed by atoms with Crippen LogP contribution in [0.1, 0.15) is 19.3 Å². The molecule has 0 bridgehead atoms. The zero-order valence-corrected chi connectivity index (χ0v) is 15.6. The second-order valence-electron chi connectivity index (χ2n) is 6.89. The summed E-state index contributed by atoms with van der Waals surface area (Å²) in [5, 5.41) is 11.7. The molecule has 1 aliphatic heterocycles. The minimum atomic E-state index is 0.206. The molecule has 1 atom stereocenters. The van der Waals surface area contributed by atoms with Gasteiger partial charge >= 0.3 is 0 Å². The Morgan fingerprint density at radius 3 is 3.19 bits per heavy atom.